The molecular formula is C19H22ClN3O7S2. The molecule has 0 aromatic heterocycles. The molecule has 32 heavy (non-hydrogen) atoms. The predicted molar refractivity (Wildman–Crippen MR) is 120 cm³/mol. The number of methoxy groups -OCH3 is 1. The summed E-state index contributed by atoms with van der Waals surface area (Å²) < 4.78 is 62.6. The van der Waals surface area contributed by atoms with Crippen LogP contribution < -0.4 is 14.8 Å². The summed E-state index contributed by atoms with van der Waals surface area (Å²) in [6.45, 7) is 1.09. The van der Waals surface area contributed by atoms with E-state index < -0.39 is 26.0 Å². The number of hydrogen-bond acceptors (Lipinski definition) is 7. The Kier molecular flexibility index (Phi) is 7.30. The van der Waals surface area contributed by atoms with Gasteiger partial charge in [0.25, 0.3) is 5.91 Å². The van der Waals surface area contributed by atoms with E-state index in [-0.39, 0.29) is 45.7 Å². The second-order valence-electron chi connectivity index (χ2n) is 6.90. The molecule has 3 rings (SSSR count). The van der Waals surface area contributed by atoms with Crippen LogP contribution in [0.1, 0.15) is 10.4 Å². The molecule has 1 aliphatic rings. The Labute approximate surface area is 191 Å². The van der Waals surface area contributed by atoms with E-state index in [4.69, 9.17) is 21.1 Å². The molecule has 2 N–H and O–H groups in total. The topological polar surface area (TPSA) is 131 Å². The molecule has 0 aliphatic carbocycles. The lowest BCUT2D eigenvalue weighted by molar-refractivity contribution is 0.0730. The van der Waals surface area contributed by atoms with Gasteiger partial charge in [0, 0.05) is 18.8 Å². The minimum atomic E-state index is -3.79. The number of nitrogens with one attached hydrogen (secondary N) is 2. The zero-order valence-corrected chi connectivity index (χ0v) is 19.7. The Balaban J connectivity index is 1.88. The Morgan fingerprint density at radius 1 is 1.09 bits per heavy atom. The Hall–Kier alpha value is -2.38. The Bertz CT molecular complexity index is 1230. The van der Waals surface area contributed by atoms with Crippen LogP contribution in [0, 0.1) is 0 Å². The molecule has 10 nitrogen and oxygen atoms in total. The zero-order chi connectivity index (χ0) is 23.5. The monoisotopic (exact) mass is 503 g/mol. The van der Waals surface area contributed by atoms with E-state index in [2.05, 4.69) is 10.0 Å². The maximum atomic E-state index is 12.9. The number of morpholine rings is 1. The summed E-state index contributed by atoms with van der Waals surface area (Å²) in [6, 6.07) is 8.20. The van der Waals surface area contributed by atoms with Crippen LogP contribution in [-0.4, -0.2) is 66.7 Å². The largest absolute Gasteiger partial charge is 0.495 e. The van der Waals surface area contributed by atoms with Gasteiger partial charge in [-0.2, -0.15) is 4.31 Å². The van der Waals surface area contributed by atoms with E-state index in [1.807, 2.05) is 0 Å². The van der Waals surface area contributed by atoms with Crippen LogP contribution in [0.4, 0.5) is 11.4 Å². The van der Waals surface area contributed by atoms with Crippen molar-refractivity contribution in [2.45, 2.75) is 4.90 Å². The lowest BCUT2D eigenvalue weighted by Crippen LogP contribution is -2.40. The van der Waals surface area contributed by atoms with Gasteiger partial charge in [-0.05, 0) is 36.4 Å². The minimum absolute atomic E-state index is 0.00528. The normalized spacial score (nSPS) is 15.2. The molecule has 0 spiro atoms. The van der Waals surface area contributed by atoms with Crippen LogP contribution in [0.15, 0.2) is 41.3 Å². The first-order valence-electron chi connectivity index (χ1n) is 9.36. The lowest BCUT2D eigenvalue weighted by atomic mass is 10.2. The highest BCUT2D eigenvalue weighted by Gasteiger charge is 2.27. The lowest BCUT2D eigenvalue weighted by Gasteiger charge is -2.26. The van der Waals surface area contributed by atoms with Crippen LogP contribution in [-0.2, 0) is 24.8 Å². The Morgan fingerprint density at radius 2 is 1.78 bits per heavy atom. The SMILES string of the molecule is COc1ccc(S(=O)(=O)N2CCOCC2)cc1NC(=O)c1ccc(NS(C)(=O)=O)cc1Cl. The Morgan fingerprint density at radius 3 is 2.38 bits per heavy atom. The second-order valence-corrected chi connectivity index (χ2v) is 11.0. The number of anilines is 2. The van der Waals surface area contributed by atoms with Crippen molar-refractivity contribution in [2.75, 3.05) is 49.7 Å². The summed E-state index contributed by atoms with van der Waals surface area (Å²) in [5.41, 5.74) is 0.403. The molecular weight excluding hydrogens is 482 g/mol. The minimum Gasteiger partial charge on any atom is -0.495 e. The van der Waals surface area contributed by atoms with Crippen LogP contribution in [0.2, 0.25) is 5.02 Å². The van der Waals surface area contributed by atoms with Gasteiger partial charge < -0.3 is 14.8 Å². The number of sulfonamides is 2. The van der Waals surface area contributed by atoms with E-state index in [1.165, 1.54) is 47.8 Å². The standard InChI is InChI=1S/C19H22ClN3O7S2/c1-29-18-6-4-14(32(27,28)23-7-9-30-10-8-23)12-17(18)21-19(24)15-5-3-13(11-16(15)20)22-31(2,25)26/h3-6,11-12,22H,7-10H2,1-2H3,(H,21,24). The third-order valence-electron chi connectivity index (χ3n) is 4.54. The van der Waals surface area contributed by atoms with Gasteiger partial charge in [-0.15, -0.1) is 0 Å². The molecule has 13 heteroatoms. The van der Waals surface area contributed by atoms with Crippen molar-refractivity contribution in [3.05, 3.63) is 47.0 Å². The van der Waals surface area contributed by atoms with E-state index in [9.17, 15) is 21.6 Å². The van der Waals surface area contributed by atoms with Gasteiger partial charge >= 0.3 is 0 Å². The molecule has 0 unspecified atom stereocenters. The number of halogens is 1. The number of carbonyl (C=O) groups excluding carboxylic acids is 1. The van der Waals surface area contributed by atoms with Crippen molar-refractivity contribution >= 4 is 48.9 Å². The van der Waals surface area contributed by atoms with Crippen molar-refractivity contribution < 1.29 is 31.1 Å². The molecule has 1 heterocycles. The zero-order valence-electron chi connectivity index (χ0n) is 17.3. The summed E-state index contributed by atoms with van der Waals surface area (Å²) in [5, 5.41) is 2.61. The smallest absolute Gasteiger partial charge is 0.257 e. The van der Waals surface area contributed by atoms with E-state index in [0.29, 0.717) is 13.2 Å². The first-order valence-corrected chi connectivity index (χ1v) is 13.1. The van der Waals surface area contributed by atoms with Gasteiger partial charge in [0.05, 0.1) is 47.7 Å². The summed E-state index contributed by atoms with van der Waals surface area (Å²) in [6.07, 6.45) is 0.992. The highest BCUT2D eigenvalue weighted by atomic mass is 35.5. The van der Waals surface area contributed by atoms with Gasteiger partial charge in [0.15, 0.2) is 0 Å². The first-order chi connectivity index (χ1) is 15.0. The molecule has 1 saturated heterocycles. The fourth-order valence-corrected chi connectivity index (χ4v) is 5.30. The molecule has 1 fully saturated rings. The quantitative estimate of drug-likeness (QED) is 0.590. The molecule has 0 radical (unpaired) electrons. The summed E-state index contributed by atoms with van der Waals surface area (Å²) in [5.74, 6) is -0.370. The highest BCUT2D eigenvalue weighted by Crippen LogP contribution is 2.30. The van der Waals surface area contributed by atoms with Gasteiger partial charge in [-0.1, -0.05) is 11.6 Å². The van der Waals surface area contributed by atoms with Crippen LogP contribution in [0.5, 0.6) is 5.75 Å². The number of rotatable bonds is 7. The molecule has 2 aromatic rings. The van der Waals surface area contributed by atoms with Crippen molar-refractivity contribution in [3.8, 4) is 5.75 Å². The predicted octanol–water partition coefficient (Wildman–Crippen LogP) is 1.99. The second kappa shape index (κ2) is 9.63. The van der Waals surface area contributed by atoms with Gasteiger partial charge in [-0.25, -0.2) is 16.8 Å². The highest BCUT2D eigenvalue weighted by molar-refractivity contribution is 7.92. The molecule has 0 atom stereocenters. The van der Waals surface area contributed by atoms with Crippen molar-refractivity contribution in [3.63, 3.8) is 0 Å². The molecule has 1 amide bonds. The van der Waals surface area contributed by atoms with Crippen LogP contribution in [0.3, 0.4) is 0 Å². The van der Waals surface area contributed by atoms with Crippen LogP contribution in [0.25, 0.3) is 0 Å². The maximum Gasteiger partial charge on any atom is 0.257 e. The third kappa shape index (κ3) is 5.70. The average molecular weight is 504 g/mol. The number of hydrogen-bond donors (Lipinski definition) is 2. The number of ether oxygens (including phenoxy) is 2. The van der Waals surface area contributed by atoms with Crippen molar-refractivity contribution in [2.24, 2.45) is 0 Å². The van der Waals surface area contributed by atoms with Crippen LogP contribution >= 0.6 is 11.6 Å². The summed E-state index contributed by atoms with van der Waals surface area (Å²) in [7, 11) is -5.90. The maximum absolute atomic E-state index is 12.9. The van der Waals surface area contributed by atoms with Gasteiger partial charge in [0.1, 0.15) is 5.75 Å². The fraction of sp³-hybridized carbons (Fsp3) is 0.316. The van der Waals surface area contributed by atoms with E-state index in [1.54, 1.807) is 0 Å². The van der Waals surface area contributed by atoms with Gasteiger partial charge in [0.2, 0.25) is 20.0 Å². The molecule has 0 saturated carbocycles. The van der Waals surface area contributed by atoms with E-state index in [0.717, 1.165) is 6.26 Å². The number of benzene rings is 2. The van der Waals surface area contributed by atoms with Crippen molar-refractivity contribution in [1.82, 2.24) is 4.31 Å². The first kappa shape index (κ1) is 24.3. The summed E-state index contributed by atoms with van der Waals surface area (Å²) >= 11 is 6.16. The summed E-state index contributed by atoms with van der Waals surface area (Å²) in [4.78, 5) is 12.8. The van der Waals surface area contributed by atoms with E-state index >= 15 is 0 Å². The van der Waals surface area contributed by atoms with Crippen molar-refractivity contribution in [1.29, 1.82) is 0 Å². The molecule has 1 aliphatic heterocycles. The molecule has 2 aromatic carbocycles. The number of nitrogens with zero attached hydrogens (tertiary/aromatic N) is 1. The number of carbonyl (C=O) groups is 1. The fourth-order valence-electron chi connectivity index (χ4n) is 3.05. The average Bonchev–Trinajstić information content (AvgIpc) is 2.73. The molecule has 174 valence electrons. The number of amides is 1. The molecule has 0 bridgehead atoms. The third-order valence-corrected chi connectivity index (χ3v) is 7.36. The van der Waals surface area contributed by atoms with Gasteiger partial charge in [-0.3, -0.25) is 9.52 Å².